The van der Waals surface area contributed by atoms with Gasteiger partial charge in [-0.05, 0) is 12.8 Å². The third-order valence-corrected chi connectivity index (χ3v) is 3.57. The standard InChI is InChI=1S/C14H22N4O3/c1-20-8-5-14(19)18-6-3-11(4-7-18)17-12-9-13(21-2)16-10-15-12/h9-11H,3-8H2,1-2H3,(H,15,16,17). The summed E-state index contributed by atoms with van der Waals surface area (Å²) in [7, 11) is 3.19. The van der Waals surface area contributed by atoms with Crippen LogP contribution in [0.2, 0.25) is 0 Å². The number of hydrogen-bond donors (Lipinski definition) is 1. The van der Waals surface area contributed by atoms with Gasteiger partial charge in [0.25, 0.3) is 0 Å². The first kappa shape index (κ1) is 15.5. The summed E-state index contributed by atoms with van der Waals surface area (Å²) < 4.78 is 10.0. The maximum absolute atomic E-state index is 11.9. The molecule has 0 saturated carbocycles. The molecule has 0 radical (unpaired) electrons. The monoisotopic (exact) mass is 294 g/mol. The van der Waals surface area contributed by atoms with Crippen molar-refractivity contribution in [2.75, 3.05) is 39.2 Å². The van der Waals surface area contributed by atoms with Gasteiger partial charge in [0.1, 0.15) is 12.1 Å². The largest absolute Gasteiger partial charge is 0.481 e. The molecule has 1 amide bonds. The first-order valence-electron chi connectivity index (χ1n) is 7.12. The number of piperidine rings is 1. The van der Waals surface area contributed by atoms with Crippen molar-refractivity contribution in [1.82, 2.24) is 14.9 Å². The van der Waals surface area contributed by atoms with E-state index in [0.717, 1.165) is 31.7 Å². The number of methoxy groups -OCH3 is 2. The first-order valence-corrected chi connectivity index (χ1v) is 7.12. The Hall–Kier alpha value is -1.89. The minimum atomic E-state index is 0.166. The first-order chi connectivity index (χ1) is 10.2. The summed E-state index contributed by atoms with van der Waals surface area (Å²) in [6, 6.07) is 2.09. The van der Waals surface area contributed by atoms with Crippen molar-refractivity contribution in [3.63, 3.8) is 0 Å². The second-order valence-corrected chi connectivity index (χ2v) is 4.99. The second kappa shape index (κ2) is 7.78. The van der Waals surface area contributed by atoms with Gasteiger partial charge in [-0.1, -0.05) is 0 Å². The molecule has 0 atom stereocenters. The number of carbonyl (C=O) groups excluding carboxylic acids is 1. The molecule has 7 heteroatoms. The van der Waals surface area contributed by atoms with Crippen molar-refractivity contribution in [2.24, 2.45) is 0 Å². The van der Waals surface area contributed by atoms with Gasteiger partial charge in [0.15, 0.2) is 0 Å². The van der Waals surface area contributed by atoms with E-state index in [1.807, 2.05) is 4.90 Å². The highest BCUT2D eigenvalue weighted by atomic mass is 16.5. The predicted molar refractivity (Wildman–Crippen MR) is 78.3 cm³/mol. The quantitative estimate of drug-likeness (QED) is 0.841. The van der Waals surface area contributed by atoms with Crippen molar-refractivity contribution in [1.29, 1.82) is 0 Å². The highest BCUT2D eigenvalue weighted by Gasteiger charge is 2.22. The third-order valence-electron chi connectivity index (χ3n) is 3.57. The fraction of sp³-hybridized carbons (Fsp3) is 0.643. The zero-order chi connectivity index (χ0) is 15.1. The zero-order valence-corrected chi connectivity index (χ0v) is 12.5. The number of ether oxygens (including phenoxy) is 2. The Bertz CT molecular complexity index is 461. The van der Waals surface area contributed by atoms with E-state index in [0.29, 0.717) is 24.9 Å². The number of aromatic nitrogens is 2. The normalized spacial score (nSPS) is 15.8. The Labute approximate surface area is 124 Å². The lowest BCUT2D eigenvalue weighted by molar-refractivity contribution is -0.133. The van der Waals surface area contributed by atoms with Gasteiger partial charge in [0, 0.05) is 32.3 Å². The van der Waals surface area contributed by atoms with Crippen molar-refractivity contribution >= 4 is 11.7 Å². The van der Waals surface area contributed by atoms with Crippen molar-refractivity contribution < 1.29 is 14.3 Å². The van der Waals surface area contributed by atoms with Crippen LogP contribution in [-0.4, -0.2) is 60.7 Å². The minimum Gasteiger partial charge on any atom is -0.481 e. The lowest BCUT2D eigenvalue weighted by Gasteiger charge is -2.32. The number of likely N-dealkylation sites (tertiary alicyclic amines) is 1. The lowest BCUT2D eigenvalue weighted by atomic mass is 10.0. The molecule has 0 unspecified atom stereocenters. The Morgan fingerprint density at radius 2 is 2.14 bits per heavy atom. The number of rotatable bonds is 6. The minimum absolute atomic E-state index is 0.166. The maximum atomic E-state index is 11.9. The van der Waals surface area contributed by atoms with E-state index < -0.39 is 0 Å². The molecule has 0 aliphatic carbocycles. The van der Waals surface area contributed by atoms with Crippen LogP contribution in [-0.2, 0) is 9.53 Å². The van der Waals surface area contributed by atoms with E-state index in [1.54, 1.807) is 20.3 Å². The van der Waals surface area contributed by atoms with Gasteiger partial charge in [-0.15, -0.1) is 0 Å². The molecule has 2 rings (SSSR count). The summed E-state index contributed by atoms with van der Waals surface area (Å²) >= 11 is 0. The summed E-state index contributed by atoms with van der Waals surface area (Å²) in [5, 5.41) is 3.36. The number of carbonyl (C=O) groups is 1. The summed E-state index contributed by atoms with van der Waals surface area (Å²) in [6.45, 7) is 2.02. The molecule has 7 nitrogen and oxygen atoms in total. The highest BCUT2D eigenvalue weighted by molar-refractivity contribution is 5.76. The molecule has 1 saturated heterocycles. The summed E-state index contributed by atoms with van der Waals surface area (Å²) in [6.07, 6.45) is 3.75. The van der Waals surface area contributed by atoms with Crippen LogP contribution in [0, 0.1) is 0 Å². The van der Waals surface area contributed by atoms with Gasteiger partial charge in [-0.2, -0.15) is 0 Å². The van der Waals surface area contributed by atoms with Gasteiger partial charge < -0.3 is 19.7 Å². The van der Waals surface area contributed by atoms with E-state index in [4.69, 9.17) is 9.47 Å². The van der Waals surface area contributed by atoms with Crippen LogP contribution < -0.4 is 10.1 Å². The smallest absolute Gasteiger partial charge is 0.224 e. The van der Waals surface area contributed by atoms with Gasteiger partial charge in [0.05, 0.1) is 20.1 Å². The summed E-state index contributed by atoms with van der Waals surface area (Å²) in [5.74, 6) is 1.46. The van der Waals surface area contributed by atoms with Crippen LogP contribution in [0.1, 0.15) is 19.3 Å². The summed E-state index contributed by atoms with van der Waals surface area (Å²) in [5.41, 5.74) is 0. The van der Waals surface area contributed by atoms with Crippen molar-refractivity contribution in [2.45, 2.75) is 25.3 Å². The molecule has 1 aromatic rings. The molecule has 1 aliphatic rings. The second-order valence-electron chi connectivity index (χ2n) is 4.99. The van der Waals surface area contributed by atoms with E-state index >= 15 is 0 Å². The molecule has 2 heterocycles. The molecule has 0 aromatic carbocycles. The van der Waals surface area contributed by atoms with Crippen molar-refractivity contribution in [3.8, 4) is 5.88 Å². The number of nitrogens with one attached hydrogen (secondary N) is 1. The van der Waals surface area contributed by atoms with Crippen LogP contribution in [0.15, 0.2) is 12.4 Å². The van der Waals surface area contributed by atoms with E-state index in [2.05, 4.69) is 15.3 Å². The van der Waals surface area contributed by atoms with Crippen LogP contribution >= 0.6 is 0 Å². The molecule has 0 spiro atoms. The van der Waals surface area contributed by atoms with Crippen LogP contribution in [0.5, 0.6) is 5.88 Å². The topological polar surface area (TPSA) is 76.6 Å². The molecule has 1 fully saturated rings. The Balaban J connectivity index is 1.79. The van der Waals surface area contributed by atoms with Crippen LogP contribution in [0.4, 0.5) is 5.82 Å². The Morgan fingerprint density at radius 1 is 1.38 bits per heavy atom. The average molecular weight is 294 g/mol. The average Bonchev–Trinajstić information content (AvgIpc) is 2.53. The Kier molecular flexibility index (Phi) is 5.74. The molecule has 21 heavy (non-hydrogen) atoms. The van der Waals surface area contributed by atoms with Crippen molar-refractivity contribution in [3.05, 3.63) is 12.4 Å². The fourth-order valence-electron chi connectivity index (χ4n) is 2.36. The number of hydrogen-bond acceptors (Lipinski definition) is 6. The highest BCUT2D eigenvalue weighted by Crippen LogP contribution is 2.17. The number of amides is 1. The van der Waals surface area contributed by atoms with E-state index in [-0.39, 0.29) is 5.91 Å². The summed E-state index contributed by atoms with van der Waals surface area (Å²) in [4.78, 5) is 21.9. The van der Waals surface area contributed by atoms with E-state index in [1.165, 1.54) is 6.33 Å². The molecule has 116 valence electrons. The third kappa shape index (κ3) is 4.56. The molecular formula is C14H22N4O3. The molecule has 0 bridgehead atoms. The van der Waals surface area contributed by atoms with Crippen LogP contribution in [0.3, 0.4) is 0 Å². The van der Waals surface area contributed by atoms with Gasteiger partial charge in [0.2, 0.25) is 11.8 Å². The SMILES string of the molecule is COCCC(=O)N1CCC(Nc2cc(OC)ncn2)CC1. The number of nitrogens with zero attached hydrogens (tertiary/aromatic N) is 3. The molecule has 1 N–H and O–H groups in total. The lowest BCUT2D eigenvalue weighted by Crippen LogP contribution is -2.42. The van der Waals surface area contributed by atoms with Crippen LogP contribution in [0.25, 0.3) is 0 Å². The maximum Gasteiger partial charge on any atom is 0.224 e. The van der Waals surface area contributed by atoms with Gasteiger partial charge in [-0.3, -0.25) is 4.79 Å². The molecule has 1 aromatic heterocycles. The molecule has 1 aliphatic heterocycles. The van der Waals surface area contributed by atoms with Gasteiger partial charge in [-0.25, -0.2) is 9.97 Å². The zero-order valence-electron chi connectivity index (χ0n) is 12.5. The number of anilines is 1. The fourth-order valence-corrected chi connectivity index (χ4v) is 2.36. The van der Waals surface area contributed by atoms with E-state index in [9.17, 15) is 4.79 Å². The molecular weight excluding hydrogens is 272 g/mol. The Morgan fingerprint density at radius 3 is 2.81 bits per heavy atom. The van der Waals surface area contributed by atoms with Gasteiger partial charge >= 0.3 is 0 Å². The predicted octanol–water partition coefficient (Wildman–Crippen LogP) is 0.925.